The van der Waals surface area contributed by atoms with Crippen molar-refractivity contribution >= 4 is 5.91 Å². The molecular formula is C21H27N3O. The zero-order valence-corrected chi connectivity index (χ0v) is 14.7. The molecule has 1 aliphatic rings. The molecule has 2 aromatic carbocycles. The third kappa shape index (κ3) is 6.00. The number of carbonyl (C=O) groups is 1. The molecule has 0 radical (unpaired) electrons. The van der Waals surface area contributed by atoms with Gasteiger partial charge in [-0.1, -0.05) is 60.7 Å². The standard InChI is InChI=1S/C21H27N3O/c25-21(23-20-11-13-22-14-12-20)17-24(15-18-7-3-1-4-8-18)16-19-9-5-2-6-10-19/h1-10,20,22H,11-17H2,(H,23,25). The lowest BCUT2D eigenvalue weighted by atomic mass is 10.1. The van der Waals surface area contributed by atoms with Gasteiger partial charge in [0, 0.05) is 19.1 Å². The molecule has 0 saturated carbocycles. The first-order chi connectivity index (χ1) is 12.3. The second-order valence-corrected chi connectivity index (χ2v) is 6.71. The number of nitrogens with one attached hydrogen (secondary N) is 2. The third-order valence-corrected chi connectivity index (χ3v) is 4.57. The first-order valence-electron chi connectivity index (χ1n) is 9.10. The minimum absolute atomic E-state index is 0.124. The predicted molar refractivity (Wildman–Crippen MR) is 101 cm³/mol. The van der Waals surface area contributed by atoms with Crippen LogP contribution < -0.4 is 10.6 Å². The number of benzene rings is 2. The van der Waals surface area contributed by atoms with Crippen LogP contribution in [-0.2, 0) is 17.9 Å². The lowest BCUT2D eigenvalue weighted by molar-refractivity contribution is -0.123. The number of hydrogen-bond donors (Lipinski definition) is 2. The van der Waals surface area contributed by atoms with Gasteiger partial charge in [0.05, 0.1) is 6.54 Å². The maximum absolute atomic E-state index is 12.5. The number of piperidine rings is 1. The largest absolute Gasteiger partial charge is 0.352 e. The summed E-state index contributed by atoms with van der Waals surface area (Å²) in [5.74, 6) is 0.124. The van der Waals surface area contributed by atoms with Crippen LogP contribution in [0.4, 0.5) is 0 Å². The molecule has 2 N–H and O–H groups in total. The Morgan fingerprint density at radius 3 is 1.96 bits per heavy atom. The number of hydrogen-bond acceptors (Lipinski definition) is 3. The highest BCUT2D eigenvalue weighted by atomic mass is 16.2. The van der Waals surface area contributed by atoms with Crippen LogP contribution in [-0.4, -0.2) is 36.5 Å². The third-order valence-electron chi connectivity index (χ3n) is 4.57. The van der Waals surface area contributed by atoms with Gasteiger partial charge in [0.15, 0.2) is 0 Å². The van der Waals surface area contributed by atoms with Gasteiger partial charge in [-0.25, -0.2) is 0 Å². The number of nitrogens with zero attached hydrogens (tertiary/aromatic N) is 1. The smallest absolute Gasteiger partial charge is 0.234 e. The van der Waals surface area contributed by atoms with E-state index in [-0.39, 0.29) is 5.91 Å². The van der Waals surface area contributed by atoms with Crippen molar-refractivity contribution in [2.45, 2.75) is 32.0 Å². The van der Waals surface area contributed by atoms with Crippen molar-refractivity contribution in [1.29, 1.82) is 0 Å². The molecule has 132 valence electrons. The van der Waals surface area contributed by atoms with E-state index in [1.54, 1.807) is 0 Å². The average molecular weight is 337 g/mol. The first-order valence-corrected chi connectivity index (χ1v) is 9.10. The molecule has 4 nitrogen and oxygen atoms in total. The molecular weight excluding hydrogens is 310 g/mol. The van der Waals surface area contributed by atoms with E-state index < -0.39 is 0 Å². The summed E-state index contributed by atoms with van der Waals surface area (Å²) in [4.78, 5) is 14.7. The van der Waals surface area contributed by atoms with Crippen LogP contribution in [0.15, 0.2) is 60.7 Å². The first kappa shape index (κ1) is 17.6. The van der Waals surface area contributed by atoms with Crippen molar-refractivity contribution in [3.05, 3.63) is 71.8 Å². The van der Waals surface area contributed by atoms with Crippen LogP contribution in [0.3, 0.4) is 0 Å². The molecule has 0 bridgehead atoms. The molecule has 1 heterocycles. The van der Waals surface area contributed by atoms with Gasteiger partial charge in [-0.15, -0.1) is 0 Å². The highest BCUT2D eigenvalue weighted by molar-refractivity contribution is 5.78. The highest BCUT2D eigenvalue weighted by Gasteiger charge is 2.17. The van der Waals surface area contributed by atoms with Crippen LogP contribution >= 0.6 is 0 Å². The monoisotopic (exact) mass is 337 g/mol. The summed E-state index contributed by atoms with van der Waals surface area (Å²) < 4.78 is 0. The molecule has 0 aromatic heterocycles. The molecule has 0 aliphatic carbocycles. The average Bonchev–Trinajstić information content (AvgIpc) is 2.64. The summed E-state index contributed by atoms with van der Waals surface area (Å²) in [6, 6.07) is 21.0. The zero-order valence-electron chi connectivity index (χ0n) is 14.7. The van der Waals surface area contributed by atoms with E-state index >= 15 is 0 Å². The lowest BCUT2D eigenvalue weighted by Gasteiger charge is -2.26. The number of carbonyl (C=O) groups excluding carboxylic acids is 1. The summed E-state index contributed by atoms with van der Waals surface area (Å²) in [6.45, 7) is 3.95. The number of amides is 1. The molecule has 0 spiro atoms. The van der Waals surface area contributed by atoms with Crippen molar-refractivity contribution < 1.29 is 4.79 Å². The Hall–Kier alpha value is -2.17. The van der Waals surface area contributed by atoms with Gasteiger partial charge in [-0.3, -0.25) is 9.69 Å². The summed E-state index contributed by atoms with van der Waals surface area (Å²) in [7, 11) is 0. The Morgan fingerprint density at radius 1 is 0.920 bits per heavy atom. The van der Waals surface area contributed by atoms with Crippen molar-refractivity contribution in [3.8, 4) is 0 Å². The molecule has 0 atom stereocenters. The zero-order chi connectivity index (χ0) is 17.3. The van der Waals surface area contributed by atoms with E-state index in [0.29, 0.717) is 12.6 Å². The lowest BCUT2D eigenvalue weighted by Crippen LogP contribution is -2.46. The van der Waals surface area contributed by atoms with Gasteiger partial charge in [-0.05, 0) is 37.1 Å². The highest BCUT2D eigenvalue weighted by Crippen LogP contribution is 2.10. The molecule has 1 saturated heterocycles. The summed E-state index contributed by atoms with van der Waals surface area (Å²) in [5, 5.41) is 6.53. The molecule has 25 heavy (non-hydrogen) atoms. The van der Waals surface area contributed by atoms with Gasteiger partial charge >= 0.3 is 0 Å². The molecule has 1 amide bonds. The van der Waals surface area contributed by atoms with Crippen LogP contribution in [0.5, 0.6) is 0 Å². The second-order valence-electron chi connectivity index (χ2n) is 6.71. The van der Waals surface area contributed by atoms with E-state index in [0.717, 1.165) is 39.0 Å². The molecule has 1 fully saturated rings. The van der Waals surface area contributed by atoms with E-state index in [1.165, 1.54) is 11.1 Å². The second kappa shape index (κ2) is 9.35. The van der Waals surface area contributed by atoms with E-state index in [1.807, 2.05) is 36.4 Å². The van der Waals surface area contributed by atoms with Crippen molar-refractivity contribution in [3.63, 3.8) is 0 Å². The Labute approximate surface area is 150 Å². The maximum Gasteiger partial charge on any atom is 0.234 e. The van der Waals surface area contributed by atoms with Gasteiger partial charge in [0.1, 0.15) is 0 Å². The van der Waals surface area contributed by atoms with Gasteiger partial charge in [-0.2, -0.15) is 0 Å². The molecule has 0 unspecified atom stereocenters. The minimum Gasteiger partial charge on any atom is -0.352 e. The topological polar surface area (TPSA) is 44.4 Å². The predicted octanol–water partition coefficient (Wildman–Crippen LogP) is 2.56. The fraction of sp³-hybridized carbons (Fsp3) is 0.381. The summed E-state index contributed by atoms with van der Waals surface area (Å²) in [5.41, 5.74) is 2.46. The Kier molecular flexibility index (Phi) is 6.60. The quantitative estimate of drug-likeness (QED) is 0.816. The van der Waals surface area contributed by atoms with E-state index in [9.17, 15) is 4.79 Å². The summed E-state index contributed by atoms with van der Waals surface area (Å²) >= 11 is 0. The van der Waals surface area contributed by atoms with E-state index in [4.69, 9.17) is 0 Å². The molecule has 3 rings (SSSR count). The van der Waals surface area contributed by atoms with Crippen LogP contribution in [0.25, 0.3) is 0 Å². The molecule has 2 aromatic rings. The van der Waals surface area contributed by atoms with Gasteiger partial charge in [0.2, 0.25) is 5.91 Å². The van der Waals surface area contributed by atoms with Gasteiger partial charge < -0.3 is 10.6 Å². The summed E-state index contributed by atoms with van der Waals surface area (Å²) in [6.07, 6.45) is 2.03. The van der Waals surface area contributed by atoms with Crippen LogP contribution in [0, 0.1) is 0 Å². The van der Waals surface area contributed by atoms with Crippen LogP contribution in [0.2, 0.25) is 0 Å². The number of rotatable bonds is 7. The Bertz CT molecular complexity index is 597. The van der Waals surface area contributed by atoms with Gasteiger partial charge in [0.25, 0.3) is 0 Å². The Balaban J connectivity index is 1.61. The van der Waals surface area contributed by atoms with Crippen molar-refractivity contribution in [2.24, 2.45) is 0 Å². The van der Waals surface area contributed by atoms with Crippen LogP contribution in [0.1, 0.15) is 24.0 Å². The minimum atomic E-state index is 0.124. The normalized spacial score (nSPS) is 15.2. The maximum atomic E-state index is 12.5. The van der Waals surface area contributed by atoms with Crippen molar-refractivity contribution in [2.75, 3.05) is 19.6 Å². The fourth-order valence-corrected chi connectivity index (χ4v) is 3.29. The fourth-order valence-electron chi connectivity index (χ4n) is 3.29. The molecule has 4 heteroatoms. The SMILES string of the molecule is O=C(CN(Cc1ccccc1)Cc1ccccc1)NC1CCNCC1. The van der Waals surface area contributed by atoms with E-state index in [2.05, 4.69) is 39.8 Å². The van der Waals surface area contributed by atoms with Crippen molar-refractivity contribution in [1.82, 2.24) is 15.5 Å². The molecule has 1 aliphatic heterocycles. The Morgan fingerprint density at radius 2 is 1.44 bits per heavy atom.